The molecule has 0 aromatic heterocycles. The van der Waals surface area contributed by atoms with Crippen LogP contribution in [0.5, 0.6) is 0 Å². The Kier molecular flexibility index (Phi) is 4.75. The molecule has 1 rings (SSSR count). The molecular weight excluding hydrogens is 220 g/mol. The van der Waals surface area contributed by atoms with E-state index in [1.165, 1.54) is 12.2 Å². The fraction of sp³-hybridized carbons (Fsp3) is 0. The van der Waals surface area contributed by atoms with Gasteiger partial charge in [-0.15, -0.1) is 8.80 Å². The van der Waals surface area contributed by atoms with Crippen LogP contribution in [-0.2, 0) is 9.59 Å². The average molecular weight is 224 g/mol. The first kappa shape index (κ1) is 10.8. The van der Waals surface area contributed by atoms with Crippen molar-refractivity contribution in [2.24, 2.45) is 8.80 Å². The van der Waals surface area contributed by atoms with Gasteiger partial charge in [0.2, 0.25) is 12.2 Å². The smallest absolute Gasteiger partial charge is 0.210 e. The number of rotatable bonds is 4. The summed E-state index contributed by atoms with van der Waals surface area (Å²) in [5.41, 5.74) is 0. The molecule has 14 heavy (non-hydrogen) atoms. The van der Waals surface area contributed by atoms with Gasteiger partial charge in [0, 0.05) is 33.7 Å². The van der Waals surface area contributed by atoms with Gasteiger partial charge in [-0.2, -0.15) is 0 Å². The highest BCUT2D eigenvalue weighted by Crippen LogP contribution is 2.31. The summed E-state index contributed by atoms with van der Waals surface area (Å²) in [4.78, 5) is 21.3. The Bertz CT molecular complexity index is 371. The van der Waals surface area contributed by atoms with Gasteiger partial charge in [-0.05, 0) is 12.1 Å². The molecular formula is C8H4N2O2S2. The molecule has 0 radical (unpaired) electrons. The van der Waals surface area contributed by atoms with E-state index in [1.807, 2.05) is 0 Å². The SMILES string of the molecule is O=C=NSc1ccccc1SN=C=O. The van der Waals surface area contributed by atoms with E-state index >= 15 is 0 Å². The first-order chi connectivity index (χ1) is 6.88. The maximum atomic E-state index is 9.90. The third-order valence-electron chi connectivity index (χ3n) is 1.21. The zero-order valence-corrected chi connectivity index (χ0v) is 8.47. The topological polar surface area (TPSA) is 58.9 Å². The maximum absolute atomic E-state index is 9.90. The molecule has 0 aliphatic carbocycles. The van der Waals surface area contributed by atoms with E-state index in [1.54, 1.807) is 24.3 Å². The summed E-state index contributed by atoms with van der Waals surface area (Å²) in [6.45, 7) is 0. The second-order valence-electron chi connectivity index (χ2n) is 1.99. The van der Waals surface area contributed by atoms with Crippen LogP contribution in [-0.4, -0.2) is 12.2 Å². The molecule has 6 heteroatoms. The molecule has 0 aliphatic rings. The van der Waals surface area contributed by atoms with Crippen molar-refractivity contribution in [1.82, 2.24) is 0 Å². The van der Waals surface area contributed by atoms with E-state index in [-0.39, 0.29) is 0 Å². The number of nitrogens with zero attached hydrogens (tertiary/aromatic N) is 2. The summed E-state index contributed by atoms with van der Waals surface area (Å²) in [5, 5.41) is 0. The van der Waals surface area contributed by atoms with Crippen LogP contribution in [0.25, 0.3) is 0 Å². The molecule has 0 atom stereocenters. The molecule has 0 unspecified atom stereocenters. The lowest BCUT2D eigenvalue weighted by atomic mass is 10.4. The van der Waals surface area contributed by atoms with Crippen molar-refractivity contribution in [1.29, 1.82) is 0 Å². The van der Waals surface area contributed by atoms with E-state index in [2.05, 4.69) is 8.80 Å². The minimum atomic E-state index is 0.750. The Labute approximate surface area is 88.8 Å². The molecule has 0 aliphatic heterocycles. The highest BCUT2D eigenvalue weighted by molar-refractivity contribution is 8.01. The third-order valence-corrected chi connectivity index (χ3v) is 2.78. The van der Waals surface area contributed by atoms with Crippen LogP contribution in [0.1, 0.15) is 0 Å². The van der Waals surface area contributed by atoms with Gasteiger partial charge in [0.1, 0.15) is 0 Å². The summed E-state index contributed by atoms with van der Waals surface area (Å²) >= 11 is 1.98. The van der Waals surface area contributed by atoms with Gasteiger partial charge >= 0.3 is 0 Å². The van der Waals surface area contributed by atoms with Crippen LogP contribution in [0.2, 0.25) is 0 Å². The van der Waals surface area contributed by atoms with Gasteiger partial charge in [-0.3, -0.25) is 0 Å². The van der Waals surface area contributed by atoms with Gasteiger partial charge in [0.05, 0.1) is 0 Å². The molecule has 1 aromatic carbocycles. The predicted octanol–water partition coefficient (Wildman–Crippen LogP) is 2.37. The van der Waals surface area contributed by atoms with Crippen LogP contribution >= 0.6 is 23.9 Å². The van der Waals surface area contributed by atoms with Crippen LogP contribution in [0, 0.1) is 0 Å². The largest absolute Gasteiger partial charge is 0.247 e. The molecule has 4 nitrogen and oxygen atoms in total. The molecule has 0 N–H and O–H groups in total. The normalized spacial score (nSPS) is 8.57. The van der Waals surface area contributed by atoms with Crippen molar-refractivity contribution < 1.29 is 9.59 Å². The minimum Gasteiger partial charge on any atom is -0.210 e. The Balaban J connectivity index is 2.89. The van der Waals surface area contributed by atoms with Crippen LogP contribution in [0.15, 0.2) is 42.9 Å². The maximum Gasteiger partial charge on any atom is 0.247 e. The second-order valence-corrected chi connectivity index (χ2v) is 3.60. The Morgan fingerprint density at radius 3 is 1.71 bits per heavy atom. The molecule has 0 fully saturated rings. The molecule has 70 valence electrons. The number of isocyanates is 2. The fourth-order valence-corrected chi connectivity index (χ4v) is 1.83. The second kappa shape index (κ2) is 6.18. The van der Waals surface area contributed by atoms with Crippen molar-refractivity contribution in [3.63, 3.8) is 0 Å². The molecule has 0 saturated carbocycles. The summed E-state index contributed by atoms with van der Waals surface area (Å²) in [6, 6.07) is 7.15. The number of hydrogen-bond acceptors (Lipinski definition) is 6. The molecule has 1 aromatic rings. The zero-order valence-electron chi connectivity index (χ0n) is 6.84. The minimum absolute atomic E-state index is 0.750. The number of hydrogen-bond donors (Lipinski definition) is 0. The van der Waals surface area contributed by atoms with Gasteiger partial charge in [-0.1, -0.05) is 12.1 Å². The van der Waals surface area contributed by atoms with E-state index in [4.69, 9.17) is 0 Å². The average Bonchev–Trinajstić information content (AvgIpc) is 2.24. The van der Waals surface area contributed by atoms with Crippen molar-refractivity contribution in [3.05, 3.63) is 24.3 Å². The van der Waals surface area contributed by atoms with E-state index in [9.17, 15) is 9.59 Å². The van der Waals surface area contributed by atoms with Gasteiger partial charge < -0.3 is 0 Å². The monoisotopic (exact) mass is 224 g/mol. The highest BCUT2D eigenvalue weighted by Gasteiger charge is 2.01. The summed E-state index contributed by atoms with van der Waals surface area (Å²) in [5.74, 6) is 0. The third kappa shape index (κ3) is 3.20. The van der Waals surface area contributed by atoms with Crippen LogP contribution in [0.3, 0.4) is 0 Å². The van der Waals surface area contributed by atoms with Crippen molar-refractivity contribution in [2.45, 2.75) is 9.79 Å². The van der Waals surface area contributed by atoms with Crippen molar-refractivity contribution >= 4 is 36.1 Å². The summed E-state index contributed by atoms with van der Waals surface area (Å²) < 4.78 is 6.74. The van der Waals surface area contributed by atoms with Crippen LogP contribution in [0.4, 0.5) is 0 Å². The molecule has 0 saturated heterocycles. The van der Waals surface area contributed by atoms with E-state index in [0.29, 0.717) is 0 Å². The van der Waals surface area contributed by atoms with E-state index < -0.39 is 0 Å². The Hall–Kier alpha value is -1.32. The lowest BCUT2D eigenvalue weighted by molar-refractivity contribution is 0.565. The van der Waals surface area contributed by atoms with E-state index in [0.717, 1.165) is 33.7 Å². The van der Waals surface area contributed by atoms with Crippen molar-refractivity contribution in [3.8, 4) is 0 Å². The van der Waals surface area contributed by atoms with Crippen molar-refractivity contribution in [2.75, 3.05) is 0 Å². The highest BCUT2D eigenvalue weighted by atomic mass is 32.2. The number of benzene rings is 1. The number of carbonyl (C=O) groups excluding carboxylic acids is 2. The quantitative estimate of drug-likeness (QED) is 0.447. The molecule has 0 amide bonds. The lowest BCUT2D eigenvalue weighted by Crippen LogP contribution is -1.73. The Morgan fingerprint density at radius 1 is 0.929 bits per heavy atom. The fourth-order valence-electron chi connectivity index (χ4n) is 0.737. The standard InChI is InChI=1S/C8H4N2O2S2/c11-5-9-13-7-3-1-2-4-8(7)14-10-6-12/h1-4H. The summed E-state index contributed by atoms with van der Waals surface area (Å²) in [7, 11) is 0. The van der Waals surface area contributed by atoms with Gasteiger partial charge in [0.25, 0.3) is 0 Å². The Morgan fingerprint density at radius 2 is 1.36 bits per heavy atom. The van der Waals surface area contributed by atoms with Gasteiger partial charge in [-0.25, -0.2) is 9.59 Å². The first-order valence-electron chi connectivity index (χ1n) is 3.46. The first-order valence-corrected chi connectivity index (χ1v) is 5.00. The molecule has 0 heterocycles. The zero-order chi connectivity index (χ0) is 10.2. The van der Waals surface area contributed by atoms with Gasteiger partial charge in [0.15, 0.2) is 0 Å². The van der Waals surface area contributed by atoms with Crippen LogP contribution < -0.4 is 0 Å². The summed E-state index contributed by atoms with van der Waals surface area (Å²) in [6.07, 6.45) is 2.84. The lowest BCUT2D eigenvalue weighted by Gasteiger charge is -1.99. The molecule has 0 bridgehead atoms. The predicted molar refractivity (Wildman–Crippen MR) is 54.4 cm³/mol. The molecule has 0 spiro atoms.